The molecule has 0 aliphatic carbocycles. The predicted octanol–water partition coefficient (Wildman–Crippen LogP) is 2.52. The third-order valence-electron chi connectivity index (χ3n) is 4.49. The normalized spacial score (nSPS) is 11.9. The zero-order chi connectivity index (χ0) is 21.9. The molecule has 3 aromatic rings. The standard InChI is InChI=1S/C19H20BrN3O6S/c1-22(28-2)30(26,27)13-8-9-15(20)14(12-13)18(24)29-11-5-10-23-17-7-4-3-6-16(17)21-19(23)25/h3-4,6-9,12H,5,10-11H2,1-2H3,(H,21,25). The first kappa shape index (κ1) is 22.2. The Morgan fingerprint density at radius 3 is 2.70 bits per heavy atom. The maximum absolute atomic E-state index is 12.5. The number of ether oxygens (including phenoxy) is 1. The van der Waals surface area contributed by atoms with Crippen molar-refractivity contribution in [1.82, 2.24) is 14.0 Å². The molecule has 0 spiro atoms. The van der Waals surface area contributed by atoms with Crippen LogP contribution in [0.15, 0.2) is 56.6 Å². The van der Waals surface area contributed by atoms with E-state index in [1.165, 1.54) is 32.4 Å². The summed E-state index contributed by atoms with van der Waals surface area (Å²) in [5, 5.41) is 0. The molecular weight excluding hydrogens is 478 g/mol. The van der Waals surface area contributed by atoms with Crippen molar-refractivity contribution < 1.29 is 22.8 Å². The summed E-state index contributed by atoms with van der Waals surface area (Å²) in [6, 6.07) is 11.4. The molecule has 0 aliphatic heterocycles. The number of hydrogen-bond acceptors (Lipinski definition) is 6. The number of carbonyl (C=O) groups excluding carboxylic acids is 1. The molecule has 0 unspecified atom stereocenters. The summed E-state index contributed by atoms with van der Waals surface area (Å²) in [5.74, 6) is -0.676. The van der Waals surface area contributed by atoms with Crippen LogP contribution >= 0.6 is 15.9 Å². The van der Waals surface area contributed by atoms with E-state index in [-0.39, 0.29) is 22.8 Å². The van der Waals surface area contributed by atoms with Crippen LogP contribution in [0.3, 0.4) is 0 Å². The molecule has 0 radical (unpaired) electrons. The maximum Gasteiger partial charge on any atom is 0.339 e. The smallest absolute Gasteiger partial charge is 0.339 e. The number of nitrogens with one attached hydrogen (secondary N) is 1. The molecule has 1 aromatic heterocycles. The minimum atomic E-state index is -3.90. The molecule has 1 heterocycles. The lowest BCUT2D eigenvalue weighted by Crippen LogP contribution is -2.26. The van der Waals surface area contributed by atoms with E-state index in [9.17, 15) is 18.0 Å². The van der Waals surface area contributed by atoms with Gasteiger partial charge in [0.1, 0.15) is 0 Å². The van der Waals surface area contributed by atoms with Crippen LogP contribution in [-0.2, 0) is 26.1 Å². The van der Waals surface area contributed by atoms with Gasteiger partial charge in [0.25, 0.3) is 10.0 Å². The average molecular weight is 498 g/mol. The van der Waals surface area contributed by atoms with Gasteiger partial charge in [0.2, 0.25) is 0 Å². The van der Waals surface area contributed by atoms with E-state index >= 15 is 0 Å². The fraction of sp³-hybridized carbons (Fsp3) is 0.263. The summed E-state index contributed by atoms with van der Waals surface area (Å²) in [6.07, 6.45) is 0.412. The van der Waals surface area contributed by atoms with Gasteiger partial charge in [-0.15, -0.1) is 0 Å². The number of benzene rings is 2. The van der Waals surface area contributed by atoms with Crippen molar-refractivity contribution in [2.24, 2.45) is 0 Å². The van der Waals surface area contributed by atoms with Crippen molar-refractivity contribution in [3.05, 3.63) is 63.0 Å². The van der Waals surface area contributed by atoms with Crippen LogP contribution in [0.25, 0.3) is 11.0 Å². The summed E-state index contributed by atoms with van der Waals surface area (Å²) in [4.78, 5) is 31.9. The van der Waals surface area contributed by atoms with Gasteiger partial charge in [-0.2, -0.15) is 0 Å². The molecule has 0 atom stereocenters. The summed E-state index contributed by atoms with van der Waals surface area (Å²) in [5.41, 5.74) is 1.36. The molecule has 11 heteroatoms. The lowest BCUT2D eigenvalue weighted by molar-refractivity contribution is -0.0258. The second-order valence-electron chi connectivity index (χ2n) is 6.33. The minimum absolute atomic E-state index is 0.0617. The highest BCUT2D eigenvalue weighted by Crippen LogP contribution is 2.24. The number of aromatic amines is 1. The molecule has 30 heavy (non-hydrogen) atoms. The number of aryl methyl sites for hydroxylation is 1. The minimum Gasteiger partial charge on any atom is -0.462 e. The van der Waals surface area contributed by atoms with Gasteiger partial charge in [0, 0.05) is 18.1 Å². The van der Waals surface area contributed by atoms with Crippen molar-refractivity contribution in [2.45, 2.75) is 17.9 Å². The summed E-state index contributed by atoms with van der Waals surface area (Å²) in [6.45, 7) is 0.427. The molecule has 0 aliphatic rings. The molecule has 3 rings (SSSR count). The van der Waals surface area contributed by atoms with E-state index in [1.54, 1.807) is 4.57 Å². The number of hydroxylamine groups is 1. The second kappa shape index (κ2) is 9.13. The third-order valence-corrected chi connectivity index (χ3v) is 6.86. The Bertz CT molecular complexity index is 1230. The lowest BCUT2D eigenvalue weighted by atomic mass is 10.2. The monoisotopic (exact) mass is 497 g/mol. The van der Waals surface area contributed by atoms with Crippen LogP contribution in [0.5, 0.6) is 0 Å². The van der Waals surface area contributed by atoms with Crippen LogP contribution in [-0.4, -0.2) is 49.2 Å². The predicted molar refractivity (Wildman–Crippen MR) is 114 cm³/mol. The number of esters is 1. The summed E-state index contributed by atoms with van der Waals surface area (Å²) in [7, 11) is -1.42. The van der Waals surface area contributed by atoms with Crippen LogP contribution in [0.2, 0.25) is 0 Å². The van der Waals surface area contributed by atoms with E-state index < -0.39 is 16.0 Å². The van der Waals surface area contributed by atoms with Gasteiger partial charge < -0.3 is 9.72 Å². The number of halogens is 1. The number of hydrogen-bond donors (Lipinski definition) is 1. The van der Waals surface area contributed by atoms with Crippen molar-refractivity contribution >= 4 is 43.0 Å². The fourth-order valence-electron chi connectivity index (χ4n) is 2.86. The number of imidazole rings is 1. The number of fused-ring (bicyclic) bond motifs is 1. The number of carbonyl (C=O) groups is 1. The SMILES string of the molecule is CON(C)S(=O)(=O)c1ccc(Br)c(C(=O)OCCCn2c(=O)[nH]c3ccccc32)c1. The van der Waals surface area contributed by atoms with E-state index in [2.05, 4.69) is 20.9 Å². The number of nitrogens with zero attached hydrogens (tertiary/aromatic N) is 2. The highest BCUT2D eigenvalue weighted by molar-refractivity contribution is 9.10. The molecule has 0 bridgehead atoms. The number of para-hydroxylation sites is 2. The largest absolute Gasteiger partial charge is 0.462 e. The number of aromatic nitrogens is 2. The first-order chi connectivity index (χ1) is 14.3. The van der Waals surface area contributed by atoms with E-state index in [0.29, 0.717) is 21.9 Å². The number of rotatable bonds is 8. The molecule has 9 nitrogen and oxygen atoms in total. The molecule has 0 fully saturated rings. The molecule has 0 amide bonds. The number of sulfonamides is 1. The number of H-pyrrole nitrogens is 1. The zero-order valence-electron chi connectivity index (χ0n) is 16.3. The zero-order valence-corrected chi connectivity index (χ0v) is 18.7. The molecule has 160 valence electrons. The Labute approximate surface area is 181 Å². The Balaban J connectivity index is 1.67. The first-order valence-corrected chi connectivity index (χ1v) is 11.2. The van der Waals surface area contributed by atoms with Crippen molar-refractivity contribution in [3.63, 3.8) is 0 Å². The van der Waals surface area contributed by atoms with Crippen molar-refractivity contribution in [2.75, 3.05) is 20.8 Å². The van der Waals surface area contributed by atoms with Gasteiger partial charge in [0.05, 0.1) is 35.2 Å². The molecule has 0 saturated carbocycles. The second-order valence-corrected chi connectivity index (χ2v) is 9.12. The molecule has 1 N–H and O–H groups in total. The van der Waals surface area contributed by atoms with E-state index in [1.807, 2.05) is 24.3 Å². The van der Waals surface area contributed by atoms with Gasteiger partial charge in [-0.05, 0) is 52.7 Å². The summed E-state index contributed by atoms with van der Waals surface area (Å²) >= 11 is 3.24. The van der Waals surface area contributed by atoms with E-state index in [0.717, 1.165) is 11.0 Å². The summed E-state index contributed by atoms with van der Waals surface area (Å²) < 4.78 is 32.7. The lowest BCUT2D eigenvalue weighted by Gasteiger charge is -2.15. The molecule has 0 saturated heterocycles. The Morgan fingerprint density at radius 2 is 1.97 bits per heavy atom. The van der Waals surface area contributed by atoms with Gasteiger partial charge in [0.15, 0.2) is 0 Å². The van der Waals surface area contributed by atoms with Crippen molar-refractivity contribution in [1.29, 1.82) is 0 Å². The fourth-order valence-corrected chi connectivity index (χ4v) is 4.27. The quantitative estimate of drug-likeness (QED) is 0.290. The van der Waals surface area contributed by atoms with Gasteiger partial charge in [-0.25, -0.2) is 18.0 Å². The van der Waals surface area contributed by atoms with Gasteiger partial charge in [-0.3, -0.25) is 9.40 Å². The van der Waals surface area contributed by atoms with Crippen LogP contribution in [0.4, 0.5) is 0 Å². The first-order valence-electron chi connectivity index (χ1n) is 8.93. The van der Waals surface area contributed by atoms with Crippen LogP contribution in [0, 0.1) is 0 Å². The molecular formula is C19H20BrN3O6S. The van der Waals surface area contributed by atoms with Gasteiger partial charge >= 0.3 is 11.7 Å². The van der Waals surface area contributed by atoms with Gasteiger partial charge in [-0.1, -0.05) is 16.6 Å². The van der Waals surface area contributed by atoms with Crippen LogP contribution in [0.1, 0.15) is 16.8 Å². The molecule has 2 aromatic carbocycles. The highest BCUT2D eigenvalue weighted by atomic mass is 79.9. The average Bonchev–Trinajstić information content (AvgIpc) is 3.05. The Morgan fingerprint density at radius 1 is 1.23 bits per heavy atom. The van der Waals surface area contributed by atoms with Crippen molar-refractivity contribution in [3.8, 4) is 0 Å². The van der Waals surface area contributed by atoms with E-state index in [4.69, 9.17) is 9.57 Å². The maximum atomic E-state index is 12.5. The topological polar surface area (TPSA) is 111 Å². The Hall–Kier alpha value is -2.47. The highest BCUT2D eigenvalue weighted by Gasteiger charge is 2.23. The third kappa shape index (κ3) is 4.48. The van der Waals surface area contributed by atoms with Crippen LogP contribution < -0.4 is 5.69 Å². The Kier molecular flexibility index (Phi) is 6.76.